The number of carbonyl (C=O) groups is 1. The lowest BCUT2D eigenvalue weighted by molar-refractivity contribution is 0.0747. The Labute approximate surface area is 129 Å². The number of halogens is 1. The number of rotatable bonds is 1. The highest BCUT2D eigenvalue weighted by atomic mass is 35.5. The van der Waals surface area contributed by atoms with Gasteiger partial charge in [0.1, 0.15) is 0 Å². The first kappa shape index (κ1) is 14.0. The number of amides is 1. The van der Waals surface area contributed by atoms with Crippen LogP contribution in [0.4, 0.5) is 5.69 Å². The summed E-state index contributed by atoms with van der Waals surface area (Å²) in [5.41, 5.74) is 9.42. The third-order valence-electron chi connectivity index (χ3n) is 3.89. The van der Waals surface area contributed by atoms with Gasteiger partial charge in [-0.2, -0.15) is 0 Å². The molecule has 1 aliphatic rings. The summed E-state index contributed by atoms with van der Waals surface area (Å²) < 4.78 is 0. The lowest BCUT2D eigenvalue weighted by atomic mass is 10.0. The molecular weight excluding hydrogens is 284 g/mol. The minimum Gasteiger partial charge on any atom is -0.398 e. The molecule has 0 saturated carbocycles. The normalized spacial score (nSPS) is 14.4. The molecule has 0 unspecified atom stereocenters. The maximum Gasteiger partial charge on any atom is 0.256 e. The van der Waals surface area contributed by atoms with E-state index in [2.05, 4.69) is 12.1 Å². The average Bonchev–Trinajstić information content (AvgIpc) is 2.71. The third-order valence-corrected chi connectivity index (χ3v) is 4.12. The number of nitrogens with zero attached hydrogens (tertiary/aromatic N) is 1. The van der Waals surface area contributed by atoms with Crippen molar-refractivity contribution in [2.24, 2.45) is 0 Å². The number of hydrogen-bond donors (Lipinski definition) is 1. The molecule has 0 bridgehead atoms. The molecule has 0 aromatic heterocycles. The van der Waals surface area contributed by atoms with Crippen LogP contribution in [0.3, 0.4) is 0 Å². The van der Waals surface area contributed by atoms with Crippen molar-refractivity contribution in [3.63, 3.8) is 0 Å². The first-order chi connectivity index (χ1) is 10.1. The van der Waals surface area contributed by atoms with Crippen LogP contribution in [0.1, 0.15) is 27.9 Å². The molecule has 0 radical (unpaired) electrons. The fourth-order valence-corrected chi connectivity index (χ4v) is 2.93. The van der Waals surface area contributed by atoms with Gasteiger partial charge in [-0.1, -0.05) is 35.9 Å². The minimum absolute atomic E-state index is 0.0493. The van der Waals surface area contributed by atoms with Gasteiger partial charge in [0.25, 0.3) is 5.91 Å². The van der Waals surface area contributed by atoms with E-state index >= 15 is 0 Å². The van der Waals surface area contributed by atoms with Gasteiger partial charge in [-0.15, -0.1) is 0 Å². The van der Waals surface area contributed by atoms with Crippen LogP contribution in [-0.4, -0.2) is 17.4 Å². The van der Waals surface area contributed by atoms with Crippen LogP contribution in [-0.2, 0) is 13.0 Å². The number of carbonyl (C=O) groups excluding carboxylic acids is 1. The van der Waals surface area contributed by atoms with Crippen LogP contribution < -0.4 is 5.73 Å². The largest absolute Gasteiger partial charge is 0.398 e. The predicted molar refractivity (Wildman–Crippen MR) is 85.4 cm³/mol. The summed E-state index contributed by atoms with van der Waals surface area (Å²) in [6.45, 7) is 1.36. The zero-order valence-electron chi connectivity index (χ0n) is 11.7. The van der Waals surface area contributed by atoms with Crippen molar-refractivity contribution >= 4 is 23.2 Å². The second kappa shape index (κ2) is 5.78. The van der Waals surface area contributed by atoms with E-state index in [9.17, 15) is 4.79 Å². The number of aryl methyl sites for hydroxylation is 1. The summed E-state index contributed by atoms with van der Waals surface area (Å²) in [4.78, 5) is 14.6. The van der Waals surface area contributed by atoms with Gasteiger partial charge in [-0.05, 0) is 42.2 Å². The molecule has 0 spiro atoms. The van der Waals surface area contributed by atoms with Gasteiger partial charge in [0.2, 0.25) is 0 Å². The molecule has 108 valence electrons. The fraction of sp³-hybridized carbons (Fsp3) is 0.235. The van der Waals surface area contributed by atoms with Crippen LogP contribution >= 0.6 is 11.6 Å². The molecule has 1 amide bonds. The number of nitrogens with two attached hydrogens (primary N) is 1. The van der Waals surface area contributed by atoms with Crippen molar-refractivity contribution in [2.75, 3.05) is 12.3 Å². The Morgan fingerprint density at radius 3 is 2.71 bits per heavy atom. The molecule has 4 heteroatoms. The zero-order valence-corrected chi connectivity index (χ0v) is 12.4. The molecular formula is C17H17ClN2O. The molecule has 1 aliphatic heterocycles. The number of hydrogen-bond acceptors (Lipinski definition) is 2. The second-order valence-electron chi connectivity index (χ2n) is 5.33. The van der Waals surface area contributed by atoms with Gasteiger partial charge in [0, 0.05) is 23.8 Å². The van der Waals surface area contributed by atoms with E-state index in [1.54, 1.807) is 18.2 Å². The van der Waals surface area contributed by atoms with Crippen molar-refractivity contribution < 1.29 is 4.79 Å². The molecule has 2 N–H and O–H groups in total. The van der Waals surface area contributed by atoms with Crippen molar-refractivity contribution in [3.8, 4) is 0 Å². The summed E-state index contributed by atoms with van der Waals surface area (Å²) in [5.74, 6) is -0.0493. The highest BCUT2D eigenvalue weighted by molar-refractivity contribution is 6.31. The Morgan fingerprint density at radius 1 is 1.14 bits per heavy atom. The highest BCUT2D eigenvalue weighted by Crippen LogP contribution is 2.23. The Hall–Kier alpha value is -2.00. The molecule has 3 rings (SSSR count). The van der Waals surface area contributed by atoms with Crippen molar-refractivity contribution in [2.45, 2.75) is 19.4 Å². The maximum atomic E-state index is 12.7. The van der Waals surface area contributed by atoms with E-state index in [4.69, 9.17) is 17.3 Å². The lowest BCUT2D eigenvalue weighted by Gasteiger charge is -2.22. The summed E-state index contributed by atoms with van der Waals surface area (Å²) >= 11 is 5.99. The molecule has 2 aromatic rings. The average molecular weight is 301 g/mol. The quantitative estimate of drug-likeness (QED) is 0.819. The van der Waals surface area contributed by atoms with Crippen molar-refractivity contribution in [3.05, 3.63) is 64.2 Å². The first-order valence-corrected chi connectivity index (χ1v) is 7.44. The third kappa shape index (κ3) is 2.88. The van der Waals surface area contributed by atoms with E-state index in [-0.39, 0.29) is 5.91 Å². The fourth-order valence-electron chi connectivity index (χ4n) is 2.76. The Balaban J connectivity index is 1.90. The smallest absolute Gasteiger partial charge is 0.256 e. The molecule has 0 aliphatic carbocycles. The molecule has 0 fully saturated rings. The maximum absolute atomic E-state index is 12.7. The van der Waals surface area contributed by atoms with Crippen LogP contribution in [0.15, 0.2) is 42.5 Å². The van der Waals surface area contributed by atoms with Gasteiger partial charge in [-0.25, -0.2) is 0 Å². The minimum atomic E-state index is -0.0493. The highest BCUT2D eigenvalue weighted by Gasteiger charge is 2.21. The lowest BCUT2D eigenvalue weighted by Crippen LogP contribution is -2.31. The van der Waals surface area contributed by atoms with Gasteiger partial charge in [-0.3, -0.25) is 4.79 Å². The monoisotopic (exact) mass is 300 g/mol. The van der Waals surface area contributed by atoms with Gasteiger partial charge in [0.05, 0.1) is 5.56 Å². The topological polar surface area (TPSA) is 46.3 Å². The van der Waals surface area contributed by atoms with E-state index < -0.39 is 0 Å². The van der Waals surface area contributed by atoms with Gasteiger partial charge in [0.15, 0.2) is 0 Å². The molecule has 1 heterocycles. The molecule has 21 heavy (non-hydrogen) atoms. The first-order valence-electron chi connectivity index (χ1n) is 7.06. The van der Waals surface area contributed by atoms with Crippen LogP contribution in [0.25, 0.3) is 0 Å². The molecule has 3 nitrogen and oxygen atoms in total. The van der Waals surface area contributed by atoms with Crippen LogP contribution in [0.2, 0.25) is 5.02 Å². The summed E-state index contributed by atoms with van der Waals surface area (Å²) in [7, 11) is 0. The van der Waals surface area contributed by atoms with Crippen molar-refractivity contribution in [1.29, 1.82) is 0 Å². The van der Waals surface area contributed by atoms with E-state index in [0.29, 0.717) is 22.8 Å². The zero-order chi connectivity index (χ0) is 14.8. The second-order valence-corrected chi connectivity index (χ2v) is 5.77. The van der Waals surface area contributed by atoms with Crippen LogP contribution in [0.5, 0.6) is 0 Å². The molecule has 0 atom stereocenters. The predicted octanol–water partition coefficient (Wildman–Crippen LogP) is 3.51. The van der Waals surface area contributed by atoms with Gasteiger partial charge < -0.3 is 10.6 Å². The van der Waals surface area contributed by atoms with E-state index in [1.165, 1.54) is 11.1 Å². The van der Waals surface area contributed by atoms with E-state index in [0.717, 1.165) is 19.4 Å². The van der Waals surface area contributed by atoms with Crippen molar-refractivity contribution in [1.82, 2.24) is 4.90 Å². The summed E-state index contributed by atoms with van der Waals surface area (Å²) in [6, 6.07) is 13.3. The molecule has 2 aromatic carbocycles. The Bertz CT molecular complexity index is 684. The van der Waals surface area contributed by atoms with E-state index in [1.807, 2.05) is 17.0 Å². The summed E-state index contributed by atoms with van der Waals surface area (Å²) in [6.07, 6.45) is 1.97. The Kier molecular flexibility index (Phi) is 3.84. The number of benzene rings is 2. The SMILES string of the molecule is Nc1ccc(Cl)cc1C(=O)N1CCCc2ccccc2C1. The van der Waals surface area contributed by atoms with Gasteiger partial charge >= 0.3 is 0 Å². The standard InChI is InChI=1S/C17H17ClN2O/c18-14-7-8-16(19)15(10-14)17(21)20-9-3-6-12-4-1-2-5-13(12)11-20/h1-2,4-5,7-8,10H,3,6,9,11,19H2. The number of anilines is 1. The van der Waals surface area contributed by atoms with Crippen LogP contribution in [0, 0.1) is 0 Å². The number of fused-ring (bicyclic) bond motifs is 1. The molecule has 0 saturated heterocycles. The summed E-state index contributed by atoms with van der Waals surface area (Å²) in [5, 5.41) is 0.530. The number of nitrogen functional groups attached to an aromatic ring is 1. The Morgan fingerprint density at radius 2 is 1.90 bits per heavy atom.